The molecule has 0 aromatic rings. The predicted octanol–water partition coefficient (Wildman–Crippen LogP) is 0.807. The molecule has 0 saturated carbocycles. The third-order valence-electron chi connectivity index (χ3n) is 0.737. The summed E-state index contributed by atoms with van der Waals surface area (Å²) in [5.74, 6) is 0. The van der Waals surface area contributed by atoms with Crippen LogP contribution in [0.1, 0.15) is 0 Å². The van der Waals surface area contributed by atoms with Gasteiger partial charge in [-0.3, -0.25) is 0 Å². The maximum absolute atomic E-state index is 4.95. The van der Waals surface area contributed by atoms with Gasteiger partial charge in [0, 0.05) is 7.11 Å². The molecule has 0 aliphatic heterocycles. The van der Waals surface area contributed by atoms with Gasteiger partial charge in [-0.1, -0.05) is 11.4 Å². The Morgan fingerprint density at radius 1 is 1.43 bits per heavy atom. The SMILES string of the molecule is C=C[SiH](C=C)OC. The minimum atomic E-state index is -1.14. The minimum Gasteiger partial charge on any atom is -0.415 e. The Balaban J connectivity index is 3.36. The first-order chi connectivity index (χ1) is 3.35. The largest absolute Gasteiger partial charge is 0.415 e. The highest BCUT2D eigenvalue weighted by Gasteiger charge is 1.92. The fourth-order valence-electron chi connectivity index (χ4n) is 0.289. The molecule has 0 rings (SSSR count). The van der Waals surface area contributed by atoms with Gasteiger partial charge in [0.15, 0.2) is 0 Å². The van der Waals surface area contributed by atoms with Crippen LogP contribution in [-0.2, 0) is 4.43 Å². The van der Waals surface area contributed by atoms with E-state index in [0.717, 1.165) is 0 Å². The number of rotatable bonds is 3. The monoisotopic (exact) mass is 114 g/mol. The second-order valence-corrected chi connectivity index (χ2v) is 3.52. The molecule has 40 valence electrons. The zero-order chi connectivity index (χ0) is 5.70. The molecule has 0 unspecified atom stereocenters. The van der Waals surface area contributed by atoms with Crippen LogP contribution in [0.15, 0.2) is 24.6 Å². The van der Waals surface area contributed by atoms with Gasteiger partial charge < -0.3 is 4.43 Å². The Bertz CT molecular complexity index is 62.5. The van der Waals surface area contributed by atoms with Crippen molar-refractivity contribution in [3.63, 3.8) is 0 Å². The lowest BCUT2D eigenvalue weighted by atomic mass is 11.2. The normalized spacial score (nSPS) is 8.86. The molecule has 0 aromatic heterocycles. The first-order valence-corrected chi connectivity index (χ1v) is 3.93. The molecule has 0 aliphatic carbocycles. The van der Waals surface area contributed by atoms with E-state index in [1.54, 1.807) is 7.11 Å². The third kappa shape index (κ3) is 2.36. The van der Waals surface area contributed by atoms with Gasteiger partial charge in [-0.15, -0.1) is 13.2 Å². The summed E-state index contributed by atoms with van der Waals surface area (Å²) in [6.07, 6.45) is 0. The standard InChI is InChI=1S/C5H10OSi/c1-4-7(5-2)6-3/h4-5,7H,1-2H2,3H3. The molecule has 0 heterocycles. The molecular weight excluding hydrogens is 104 g/mol. The van der Waals surface area contributed by atoms with Crippen LogP contribution in [0.5, 0.6) is 0 Å². The van der Waals surface area contributed by atoms with Gasteiger partial charge in [0.25, 0.3) is 0 Å². The molecule has 0 spiro atoms. The second kappa shape index (κ2) is 3.83. The highest BCUT2D eigenvalue weighted by molar-refractivity contribution is 6.62. The van der Waals surface area contributed by atoms with Crippen molar-refractivity contribution in [3.8, 4) is 0 Å². The Hall–Kier alpha value is -0.343. The Kier molecular flexibility index (Phi) is 3.65. The zero-order valence-corrected chi connectivity index (χ0v) is 5.71. The maximum Gasteiger partial charge on any atom is 0.223 e. The summed E-state index contributed by atoms with van der Waals surface area (Å²) in [5, 5.41) is 0. The van der Waals surface area contributed by atoms with Gasteiger partial charge >= 0.3 is 0 Å². The first kappa shape index (κ1) is 6.66. The molecule has 0 aliphatic rings. The molecule has 0 N–H and O–H groups in total. The highest BCUT2D eigenvalue weighted by Crippen LogP contribution is 1.82. The van der Waals surface area contributed by atoms with Crippen molar-refractivity contribution in [1.82, 2.24) is 0 Å². The molecule has 7 heavy (non-hydrogen) atoms. The van der Waals surface area contributed by atoms with E-state index in [9.17, 15) is 0 Å². The van der Waals surface area contributed by atoms with Gasteiger partial charge in [0.2, 0.25) is 9.04 Å². The Labute approximate surface area is 46.0 Å². The molecule has 0 bridgehead atoms. The molecular formula is C5H10OSi. The van der Waals surface area contributed by atoms with Gasteiger partial charge in [-0.25, -0.2) is 0 Å². The van der Waals surface area contributed by atoms with Crippen LogP contribution in [-0.4, -0.2) is 16.2 Å². The van der Waals surface area contributed by atoms with E-state index in [4.69, 9.17) is 4.43 Å². The second-order valence-electron chi connectivity index (χ2n) is 1.17. The number of hydrogen-bond donors (Lipinski definition) is 0. The lowest BCUT2D eigenvalue weighted by Gasteiger charge is -1.96. The maximum atomic E-state index is 4.95. The summed E-state index contributed by atoms with van der Waals surface area (Å²) >= 11 is 0. The summed E-state index contributed by atoms with van der Waals surface area (Å²) in [6.45, 7) is 7.14. The van der Waals surface area contributed by atoms with Gasteiger partial charge in [0.05, 0.1) is 0 Å². The summed E-state index contributed by atoms with van der Waals surface area (Å²) in [6, 6.07) is 0. The van der Waals surface area contributed by atoms with E-state index < -0.39 is 9.04 Å². The van der Waals surface area contributed by atoms with E-state index in [2.05, 4.69) is 13.2 Å². The van der Waals surface area contributed by atoms with E-state index in [1.807, 2.05) is 11.4 Å². The molecule has 0 radical (unpaired) electrons. The first-order valence-electron chi connectivity index (χ1n) is 2.13. The molecule has 0 amide bonds. The Morgan fingerprint density at radius 2 is 1.86 bits per heavy atom. The summed E-state index contributed by atoms with van der Waals surface area (Å²) in [4.78, 5) is 0. The van der Waals surface area contributed by atoms with Crippen LogP contribution in [0.3, 0.4) is 0 Å². The van der Waals surface area contributed by atoms with Gasteiger partial charge in [-0.2, -0.15) is 0 Å². The molecule has 0 aromatic carbocycles. The highest BCUT2D eigenvalue weighted by atomic mass is 28.3. The molecule has 2 heteroatoms. The van der Waals surface area contributed by atoms with Crippen LogP contribution in [0.25, 0.3) is 0 Å². The van der Waals surface area contributed by atoms with Crippen molar-refractivity contribution in [3.05, 3.63) is 24.6 Å². The van der Waals surface area contributed by atoms with Crippen molar-refractivity contribution in [2.45, 2.75) is 0 Å². The average molecular weight is 114 g/mol. The lowest BCUT2D eigenvalue weighted by molar-refractivity contribution is 0.437. The topological polar surface area (TPSA) is 9.23 Å². The summed E-state index contributed by atoms with van der Waals surface area (Å²) in [7, 11) is 0.537. The summed E-state index contributed by atoms with van der Waals surface area (Å²) < 4.78 is 4.95. The van der Waals surface area contributed by atoms with Crippen molar-refractivity contribution in [1.29, 1.82) is 0 Å². The third-order valence-corrected chi connectivity index (χ3v) is 2.21. The van der Waals surface area contributed by atoms with Crippen LogP contribution < -0.4 is 0 Å². The van der Waals surface area contributed by atoms with E-state index >= 15 is 0 Å². The predicted molar refractivity (Wildman–Crippen MR) is 34.6 cm³/mol. The van der Waals surface area contributed by atoms with Gasteiger partial charge in [-0.05, 0) is 0 Å². The zero-order valence-electron chi connectivity index (χ0n) is 4.55. The smallest absolute Gasteiger partial charge is 0.223 e. The quantitative estimate of drug-likeness (QED) is 0.493. The Morgan fingerprint density at radius 3 is 1.86 bits per heavy atom. The van der Waals surface area contributed by atoms with Crippen LogP contribution in [0, 0.1) is 0 Å². The van der Waals surface area contributed by atoms with Crippen LogP contribution >= 0.6 is 0 Å². The molecule has 0 saturated heterocycles. The van der Waals surface area contributed by atoms with Crippen molar-refractivity contribution >= 4 is 9.04 Å². The van der Waals surface area contributed by atoms with E-state index in [-0.39, 0.29) is 0 Å². The van der Waals surface area contributed by atoms with Crippen LogP contribution in [0.2, 0.25) is 0 Å². The van der Waals surface area contributed by atoms with E-state index in [1.165, 1.54) is 0 Å². The van der Waals surface area contributed by atoms with Crippen molar-refractivity contribution < 1.29 is 4.43 Å². The fraction of sp³-hybridized carbons (Fsp3) is 0.200. The summed E-state index contributed by atoms with van der Waals surface area (Å²) in [5.41, 5.74) is 3.65. The average Bonchev–Trinajstić information content (AvgIpc) is 1.72. The number of hydrogen-bond acceptors (Lipinski definition) is 1. The lowest BCUT2D eigenvalue weighted by Crippen LogP contribution is -2.07. The van der Waals surface area contributed by atoms with Gasteiger partial charge in [0.1, 0.15) is 0 Å². The van der Waals surface area contributed by atoms with Crippen LogP contribution in [0.4, 0.5) is 0 Å². The van der Waals surface area contributed by atoms with E-state index in [0.29, 0.717) is 0 Å². The molecule has 1 nitrogen and oxygen atoms in total. The molecule has 0 fully saturated rings. The van der Waals surface area contributed by atoms with Crippen molar-refractivity contribution in [2.75, 3.05) is 7.11 Å². The molecule has 0 atom stereocenters. The minimum absolute atomic E-state index is 1.14. The van der Waals surface area contributed by atoms with Crippen molar-refractivity contribution in [2.24, 2.45) is 0 Å². The fourth-order valence-corrected chi connectivity index (χ4v) is 0.866.